The van der Waals surface area contributed by atoms with Crippen LogP contribution in [0.15, 0.2) is 42.6 Å². The predicted octanol–water partition coefficient (Wildman–Crippen LogP) is 2.77. The summed E-state index contributed by atoms with van der Waals surface area (Å²) in [5.74, 6) is -0.132. The molecule has 0 aliphatic rings. The van der Waals surface area contributed by atoms with Gasteiger partial charge < -0.3 is 10.4 Å². The molecule has 1 aromatic heterocycles. The van der Waals surface area contributed by atoms with Crippen LogP contribution in [0.5, 0.6) is 0 Å². The summed E-state index contributed by atoms with van der Waals surface area (Å²) >= 11 is 0. The predicted molar refractivity (Wildman–Crippen MR) is 89.3 cm³/mol. The molecule has 0 unspecified atom stereocenters. The number of nitrogens with zero attached hydrogens (tertiary/aromatic N) is 1. The lowest BCUT2D eigenvalue weighted by Crippen LogP contribution is -2.33. The largest absolute Gasteiger partial charge is 0.396 e. The van der Waals surface area contributed by atoms with Gasteiger partial charge in [-0.2, -0.15) is 0 Å². The molecular formula is C18H22N2O2. The second kappa shape index (κ2) is 7.18. The second-order valence-electron chi connectivity index (χ2n) is 6.11. The summed E-state index contributed by atoms with van der Waals surface area (Å²) in [6.07, 6.45) is 5.74. The first kappa shape index (κ1) is 16.2. The van der Waals surface area contributed by atoms with E-state index in [1.807, 2.05) is 44.2 Å². The minimum absolute atomic E-state index is 0.110. The summed E-state index contributed by atoms with van der Waals surface area (Å²) in [4.78, 5) is 16.2. The van der Waals surface area contributed by atoms with Crippen molar-refractivity contribution in [2.75, 3.05) is 13.2 Å². The Labute approximate surface area is 130 Å². The molecule has 4 heteroatoms. The van der Waals surface area contributed by atoms with Crippen LogP contribution in [0.25, 0.3) is 17.0 Å². The SMILES string of the molecule is CC(C)(CCO)CNC(=O)/C=C/c1ccnc2ccccc12. The molecule has 1 aromatic carbocycles. The molecule has 4 nitrogen and oxygen atoms in total. The van der Waals surface area contributed by atoms with E-state index >= 15 is 0 Å². The van der Waals surface area contributed by atoms with Gasteiger partial charge in [-0.15, -0.1) is 0 Å². The maximum Gasteiger partial charge on any atom is 0.244 e. The minimum Gasteiger partial charge on any atom is -0.396 e. The van der Waals surface area contributed by atoms with Crippen LogP contribution >= 0.6 is 0 Å². The van der Waals surface area contributed by atoms with Crippen molar-refractivity contribution in [3.8, 4) is 0 Å². The van der Waals surface area contributed by atoms with Crippen LogP contribution in [0.4, 0.5) is 0 Å². The van der Waals surface area contributed by atoms with Crippen LogP contribution in [0.3, 0.4) is 0 Å². The number of fused-ring (bicyclic) bond motifs is 1. The normalized spacial score (nSPS) is 12.0. The summed E-state index contributed by atoms with van der Waals surface area (Å²) < 4.78 is 0. The number of carbonyl (C=O) groups excluding carboxylic acids is 1. The molecule has 1 heterocycles. The smallest absolute Gasteiger partial charge is 0.244 e. The van der Waals surface area contributed by atoms with Crippen molar-refractivity contribution in [1.29, 1.82) is 0 Å². The van der Waals surface area contributed by atoms with E-state index in [-0.39, 0.29) is 17.9 Å². The van der Waals surface area contributed by atoms with Crippen molar-refractivity contribution in [1.82, 2.24) is 10.3 Å². The second-order valence-corrected chi connectivity index (χ2v) is 6.11. The van der Waals surface area contributed by atoms with Crippen LogP contribution in [0.2, 0.25) is 0 Å². The van der Waals surface area contributed by atoms with Crippen LogP contribution in [-0.2, 0) is 4.79 Å². The molecule has 22 heavy (non-hydrogen) atoms. The van der Waals surface area contributed by atoms with Gasteiger partial charge in [-0.25, -0.2) is 0 Å². The molecule has 0 saturated carbocycles. The highest BCUT2D eigenvalue weighted by molar-refractivity contribution is 5.95. The Morgan fingerprint density at radius 1 is 1.32 bits per heavy atom. The van der Waals surface area contributed by atoms with E-state index in [4.69, 9.17) is 5.11 Å². The Morgan fingerprint density at radius 3 is 2.86 bits per heavy atom. The average molecular weight is 298 g/mol. The number of benzene rings is 1. The Bertz CT molecular complexity index is 672. The average Bonchev–Trinajstić information content (AvgIpc) is 2.51. The highest BCUT2D eigenvalue weighted by atomic mass is 16.3. The van der Waals surface area contributed by atoms with Gasteiger partial charge in [0.15, 0.2) is 0 Å². The summed E-state index contributed by atoms with van der Waals surface area (Å²) in [6.45, 7) is 4.70. The third-order valence-electron chi connectivity index (χ3n) is 3.63. The van der Waals surface area contributed by atoms with Gasteiger partial charge in [-0.1, -0.05) is 32.0 Å². The van der Waals surface area contributed by atoms with E-state index in [0.29, 0.717) is 13.0 Å². The Hall–Kier alpha value is -2.20. The molecule has 0 fully saturated rings. The molecule has 0 spiro atoms. The minimum atomic E-state index is -0.132. The summed E-state index contributed by atoms with van der Waals surface area (Å²) in [6, 6.07) is 9.73. The number of hydrogen-bond donors (Lipinski definition) is 2. The molecule has 0 aliphatic carbocycles. The molecule has 2 rings (SSSR count). The first-order chi connectivity index (χ1) is 10.5. The van der Waals surface area contributed by atoms with Gasteiger partial charge in [0.05, 0.1) is 5.52 Å². The van der Waals surface area contributed by atoms with Crippen LogP contribution < -0.4 is 5.32 Å². The highest BCUT2D eigenvalue weighted by Gasteiger charge is 2.17. The van der Waals surface area contributed by atoms with Crippen LogP contribution in [0, 0.1) is 5.41 Å². The number of amides is 1. The van der Waals surface area contributed by atoms with Gasteiger partial charge in [-0.05, 0) is 35.6 Å². The van der Waals surface area contributed by atoms with E-state index in [9.17, 15) is 4.79 Å². The van der Waals surface area contributed by atoms with Gasteiger partial charge >= 0.3 is 0 Å². The number of pyridine rings is 1. The van der Waals surface area contributed by atoms with E-state index in [2.05, 4.69) is 10.3 Å². The molecule has 2 N–H and O–H groups in total. The fraction of sp³-hybridized carbons (Fsp3) is 0.333. The molecule has 116 valence electrons. The number of carbonyl (C=O) groups is 1. The lowest BCUT2D eigenvalue weighted by molar-refractivity contribution is -0.116. The molecular weight excluding hydrogens is 276 g/mol. The van der Waals surface area contributed by atoms with Crippen molar-refractivity contribution >= 4 is 22.9 Å². The summed E-state index contributed by atoms with van der Waals surface area (Å²) in [5.41, 5.74) is 1.77. The molecule has 0 saturated heterocycles. The molecule has 0 atom stereocenters. The Kier molecular flexibility index (Phi) is 5.28. The monoisotopic (exact) mass is 298 g/mol. The zero-order chi connectivity index (χ0) is 16.0. The van der Waals surface area contributed by atoms with Crippen molar-refractivity contribution in [3.63, 3.8) is 0 Å². The van der Waals surface area contributed by atoms with Gasteiger partial charge in [0.1, 0.15) is 0 Å². The van der Waals surface area contributed by atoms with Crippen molar-refractivity contribution < 1.29 is 9.90 Å². The fourth-order valence-electron chi connectivity index (χ4n) is 2.21. The van der Waals surface area contributed by atoms with Crippen LogP contribution in [0.1, 0.15) is 25.8 Å². The summed E-state index contributed by atoms with van der Waals surface area (Å²) in [5, 5.41) is 12.9. The van der Waals surface area contributed by atoms with Gasteiger partial charge in [0.25, 0.3) is 0 Å². The number of nitrogens with one attached hydrogen (secondary N) is 1. The Balaban J connectivity index is 2.03. The Morgan fingerprint density at radius 2 is 2.09 bits per heavy atom. The van der Waals surface area contributed by atoms with E-state index < -0.39 is 0 Å². The van der Waals surface area contributed by atoms with E-state index in [0.717, 1.165) is 16.5 Å². The first-order valence-corrected chi connectivity index (χ1v) is 7.42. The molecule has 0 aliphatic heterocycles. The van der Waals surface area contributed by atoms with E-state index in [1.54, 1.807) is 12.3 Å². The third-order valence-corrected chi connectivity index (χ3v) is 3.63. The van der Waals surface area contributed by atoms with Crippen molar-refractivity contribution in [2.24, 2.45) is 5.41 Å². The lowest BCUT2D eigenvalue weighted by Gasteiger charge is -2.23. The lowest BCUT2D eigenvalue weighted by atomic mass is 9.90. The van der Waals surface area contributed by atoms with Crippen LogP contribution in [-0.4, -0.2) is 29.1 Å². The number of aliphatic hydroxyl groups excluding tert-OH is 1. The topological polar surface area (TPSA) is 62.2 Å². The first-order valence-electron chi connectivity index (χ1n) is 7.42. The quantitative estimate of drug-likeness (QED) is 0.806. The van der Waals surface area contributed by atoms with Crippen molar-refractivity contribution in [3.05, 3.63) is 48.2 Å². The van der Waals surface area contributed by atoms with Crippen molar-refractivity contribution in [2.45, 2.75) is 20.3 Å². The maximum absolute atomic E-state index is 11.9. The standard InChI is InChI=1S/C18H22N2O2/c1-18(2,10-12-21)13-20-17(22)8-7-14-9-11-19-16-6-4-3-5-15(14)16/h3-9,11,21H,10,12-13H2,1-2H3,(H,20,22)/b8-7+. The van der Waals surface area contributed by atoms with E-state index in [1.165, 1.54) is 6.08 Å². The zero-order valence-corrected chi connectivity index (χ0v) is 13.0. The summed E-state index contributed by atoms with van der Waals surface area (Å²) in [7, 11) is 0. The number of para-hydroxylation sites is 1. The molecule has 2 aromatic rings. The maximum atomic E-state index is 11.9. The van der Waals surface area contributed by atoms with Gasteiger partial charge in [0.2, 0.25) is 5.91 Å². The number of aliphatic hydroxyl groups is 1. The third kappa shape index (κ3) is 4.40. The molecule has 0 radical (unpaired) electrons. The fourth-order valence-corrected chi connectivity index (χ4v) is 2.21. The number of rotatable bonds is 6. The van der Waals surface area contributed by atoms with Gasteiger partial charge in [0, 0.05) is 30.8 Å². The number of aromatic nitrogens is 1. The number of hydrogen-bond acceptors (Lipinski definition) is 3. The van der Waals surface area contributed by atoms with Gasteiger partial charge in [-0.3, -0.25) is 9.78 Å². The molecule has 1 amide bonds. The zero-order valence-electron chi connectivity index (χ0n) is 13.0. The molecule has 0 bridgehead atoms. The highest BCUT2D eigenvalue weighted by Crippen LogP contribution is 2.19.